The molecule has 124 valence electrons. The molecule has 0 saturated heterocycles. The van der Waals surface area contributed by atoms with Crippen LogP contribution in [0.25, 0.3) is 0 Å². The van der Waals surface area contributed by atoms with Gasteiger partial charge in [-0.2, -0.15) is 0 Å². The molecule has 7 nitrogen and oxygen atoms in total. The fourth-order valence-corrected chi connectivity index (χ4v) is 1.94. The molecule has 0 bridgehead atoms. The number of ether oxygens (including phenoxy) is 1. The van der Waals surface area contributed by atoms with Crippen molar-refractivity contribution in [3.8, 4) is 5.75 Å². The van der Waals surface area contributed by atoms with E-state index in [1.54, 1.807) is 6.07 Å². The predicted octanol–water partition coefficient (Wildman–Crippen LogP) is 2.63. The molecule has 0 saturated carbocycles. The van der Waals surface area contributed by atoms with Crippen molar-refractivity contribution in [3.63, 3.8) is 0 Å². The summed E-state index contributed by atoms with van der Waals surface area (Å²) in [5.41, 5.74) is 0.565. The van der Waals surface area contributed by atoms with Gasteiger partial charge in [0.05, 0.1) is 11.7 Å². The van der Waals surface area contributed by atoms with Crippen molar-refractivity contribution in [1.82, 2.24) is 4.98 Å². The summed E-state index contributed by atoms with van der Waals surface area (Å²) in [7, 11) is 0. The molecular formula is C17H16N2O5. The van der Waals surface area contributed by atoms with E-state index in [4.69, 9.17) is 9.84 Å². The zero-order chi connectivity index (χ0) is 17.7. The van der Waals surface area contributed by atoms with E-state index in [1.165, 1.54) is 24.3 Å². The molecule has 2 N–H and O–H groups in total. The van der Waals surface area contributed by atoms with Gasteiger partial charge in [-0.05, 0) is 44.2 Å². The lowest BCUT2D eigenvalue weighted by atomic mass is 10.1. The second kappa shape index (κ2) is 7.36. The maximum Gasteiger partial charge on any atom is 0.337 e. The Morgan fingerprint density at radius 3 is 2.50 bits per heavy atom. The lowest BCUT2D eigenvalue weighted by Crippen LogP contribution is -2.14. The Morgan fingerprint density at radius 1 is 1.21 bits per heavy atom. The molecule has 0 aliphatic rings. The number of carboxylic acids is 1. The number of aromatic nitrogens is 1. The second-order valence-electron chi connectivity index (χ2n) is 5.27. The first-order valence-corrected chi connectivity index (χ1v) is 7.16. The smallest absolute Gasteiger partial charge is 0.337 e. The van der Waals surface area contributed by atoms with E-state index in [1.807, 2.05) is 13.8 Å². The van der Waals surface area contributed by atoms with Crippen molar-refractivity contribution in [2.75, 3.05) is 5.32 Å². The van der Waals surface area contributed by atoms with Crippen LogP contribution in [-0.2, 0) is 0 Å². The Labute approximate surface area is 138 Å². The zero-order valence-corrected chi connectivity index (χ0v) is 13.1. The molecule has 0 fully saturated rings. The maximum absolute atomic E-state index is 12.3. The van der Waals surface area contributed by atoms with E-state index >= 15 is 0 Å². The summed E-state index contributed by atoms with van der Waals surface area (Å²) in [4.78, 5) is 38.0. The number of aromatic carboxylic acids is 1. The van der Waals surface area contributed by atoms with Crippen LogP contribution in [0.5, 0.6) is 5.75 Å². The molecule has 0 radical (unpaired) electrons. The Morgan fingerprint density at radius 2 is 1.96 bits per heavy atom. The van der Waals surface area contributed by atoms with Crippen molar-refractivity contribution >= 4 is 24.0 Å². The molecule has 2 rings (SSSR count). The van der Waals surface area contributed by atoms with Crippen molar-refractivity contribution in [2.24, 2.45) is 0 Å². The molecule has 1 aromatic heterocycles. The largest absolute Gasteiger partial charge is 0.491 e. The molecule has 24 heavy (non-hydrogen) atoms. The van der Waals surface area contributed by atoms with E-state index in [0.29, 0.717) is 17.6 Å². The minimum Gasteiger partial charge on any atom is -0.491 e. The number of benzene rings is 1. The van der Waals surface area contributed by atoms with Crippen molar-refractivity contribution in [1.29, 1.82) is 0 Å². The summed E-state index contributed by atoms with van der Waals surface area (Å²) < 4.78 is 5.52. The van der Waals surface area contributed by atoms with Gasteiger partial charge in [0.2, 0.25) is 0 Å². The standard InChI is InChI=1S/C17H16N2O5/c1-10(2)24-14-6-11(9-20)5-13(7-14)16(21)19-15-4-3-12(8-18-15)17(22)23/h3-10H,1-2H3,(H,22,23)(H,18,19,21). The third-order valence-electron chi connectivity index (χ3n) is 2.95. The quantitative estimate of drug-likeness (QED) is 0.790. The molecule has 1 amide bonds. The molecule has 7 heteroatoms. The van der Waals surface area contributed by atoms with Crippen molar-refractivity contribution in [2.45, 2.75) is 20.0 Å². The van der Waals surface area contributed by atoms with Crippen LogP contribution in [0.2, 0.25) is 0 Å². The van der Waals surface area contributed by atoms with Gasteiger partial charge in [0.25, 0.3) is 5.91 Å². The van der Waals surface area contributed by atoms with Crippen LogP contribution in [0.4, 0.5) is 5.82 Å². The number of hydrogen-bond acceptors (Lipinski definition) is 5. The maximum atomic E-state index is 12.3. The van der Waals surface area contributed by atoms with Crippen molar-refractivity contribution in [3.05, 3.63) is 53.2 Å². The van der Waals surface area contributed by atoms with E-state index < -0.39 is 11.9 Å². The number of nitrogens with one attached hydrogen (secondary N) is 1. The highest BCUT2D eigenvalue weighted by molar-refractivity contribution is 6.05. The molecule has 0 aliphatic carbocycles. The normalized spacial score (nSPS) is 10.3. The summed E-state index contributed by atoms with van der Waals surface area (Å²) in [5, 5.41) is 11.4. The highest BCUT2D eigenvalue weighted by atomic mass is 16.5. The Bertz CT molecular complexity index is 769. The van der Waals surface area contributed by atoms with Crippen LogP contribution in [0.3, 0.4) is 0 Å². The van der Waals surface area contributed by atoms with Gasteiger partial charge in [-0.15, -0.1) is 0 Å². The molecule has 0 spiro atoms. The van der Waals surface area contributed by atoms with Gasteiger partial charge >= 0.3 is 5.97 Å². The van der Waals surface area contributed by atoms with E-state index in [-0.39, 0.29) is 23.0 Å². The summed E-state index contributed by atoms with van der Waals surface area (Å²) in [6, 6.07) is 7.22. The number of carbonyl (C=O) groups excluding carboxylic acids is 2. The average Bonchev–Trinajstić information content (AvgIpc) is 2.54. The van der Waals surface area contributed by atoms with Gasteiger partial charge < -0.3 is 15.2 Å². The average molecular weight is 328 g/mol. The number of aldehydes is 1. The van der Waals surface area contributed by atoms with Gasteiger partial charge in [0, 0.05) is 17.3 Å². The molecule has 0 unspecified atom stereocenters. The number of rotatable bonds is 6. The summed E-state index contributed by atoms with van der Waals surface area (Å²) in [6.45, 7) is 3.67. The molecule has 0 atom stereocenters. The number of pyridine rings is 1. The number of carboxylic acid groups (broad SMARTS) is 1. The van der Waals surface area contributed by atoms with Crippen molar-refractivity contribution < 1.29 is 24.2 Å². The number of hydrogen-bond donors (Lipinski definition) is 2. The summed E-state index contributed by atoms with van der Waals surface area (Å²) in [6.07, 6.45) is 1.67. The van der Waals surface area contributed by atoms with Crippen LogP contribution >= 0.6 is 0 Å². The van der Waals surface area contributed by atoms with Crippen LogP contribution < -0.4 is 10.1 Å². The van der Waals surface area contributed by atoms with E-state index in [0.717, 1.165) is 6.20 Å². The van der Waals surface area contributed by atoms with Crippen LogP contribution in [-0.4, -0.2) is 34.4 Å². The van der Waals surface area contributed by atoms with E-state index in [9.17, 15) is 14.4 Å². The molecule has 1 heterocycles. The molecule has 2 aromatic rings. The Kier molecular flexibility index (Phi) is 5.26. The van der Waals surface area contributed by atoms with Crippen LogP contribution in [0.15, 0.2) is 36.5 Å². The van der Waals surface area contributed by atoms with Gasteiger partial charge in [-0.1, -0.05) is 0 Å². The van der Waals surface area contributed by atoms with Gasteiger partial charge in [0.1, 0.15) is 17.9 Å². The predicted molar refractivity (Wildman–Crippen MR) is 86.7 cm³/mol. The monoisotopic (exact) mass is 328 g/mol. The van der Waals surface area contributed by atoms with E-state index in [2.05, 4.69) is 10.3 Å². The molecule has 1 aromatic carbocycles. The highest BCUT2D eigenvalue weighted by Gasteiger charge is 2.12. The van der Waals surface area contributed by atoms with Crippen LogP contribution in [0, 0.1) is 0 Å². The van der Waals surface area contributed by atoms with Gasteiger partial charge in [0.15, 0.2) is 0 Å². The highest BCUT2D eigenvalue weighted by Crippen LogP contribution is 2.19. The summed E-state index contributed by atoms with van der Waals surface area (Å²) >= 11 is 0. The fourth-order valence-electron chi connectivity index (χ4n) is 1.94. The number of nitrogens with zero attached hydrogens (tertiary/aromatic N) is 1. The van der Waals surface area contributed by atoms with Gasteiger partial charge in [-0.3, -0.25) is 9.59 Å². The number of carbonyl (C=O) groups is 3. The second-order valence-corrected chi connectivity index (χ2v) is 5.27. The first kappa shape index (κ1) is 17.1. The third-order valence-corrected chi connectivity index (χ3v) is 2.95. The lowest BCUT2D eigenvalue weighted by molar-refractivity contribution is 0.0696. The SMILES string of the molecule is CC(C)Oc1cc(C=O)cc(C(=O)Nc2ccc(C(=O)O)cn2)c1. The Balaban J connectivity index is 2.22. The first-order chi connectivity index (χ1) is 11.4. The number of anilines is 1. The van der Waals surface area contributed by atoms with Crippen LogP contribution in [0.1, 0.15) is 44.9 Å². The molecular weight excluding hydrogens is 312 g/mol. The zero-order valence-electron chi connectivity index (χ0n) is 13.1. The Hall–Kier alpha value is -3.22. The van der Waals surface area contributed by atoms with Gasteiger partial charge in [-0.25, -0.2) is 9.78 Å². The first-order valence-electron chi connectivity index (χ1n) is 7.16. The minimum atomic E-state index is -1.10. The topological polar surface area (TPSA) is 106 Å². The minimum absolute atomic E-state index is 0.0172. The molecule has 0 aliphatic heterocycles. The summed E-state index contributed by atoms with van der Waals surface area (Å²) in [5.74, 6) is -0.973. The lowest BCUT2D eigenvalue weighted by Gasteiger charge is -2.12. The number of amides is 1. The third kappa shape index (κ3) is 4.39. The fraction of sp³-hybridized carbons (Fsp3) is 0.176.